The number of hydrogen-bond donors (Lipinski definition) is 0. The molecule has 0 N–H and O–H groups in total. The lowest BCUT2D eigenvalue weighted by atomic mass is 10.4. The van der Waals surface area contributed by atoms with Gasteiger partial charge in [0.25, 0.3) is 0 Å². The smallest absolute Gasteiger partial charge is 0.124 e. The van der Waals surface area contributed by atoms with Gasteiger partial charge in [0.05, 0.1) is 12.8 Å². The van der Waals surface area contributed by atoms with Gasteiger partial charge in [0.2, 0.25) is 0 Å². The van der Waals surface area contributed by atoms with Gasteiger partial charge in [-0.15, -0.1) is 0 Å². The summed E-state index contributed by atoms with van der Waals surface area (Å²) >= 11 is 5.69. The van der Waals surface area contributed by atoms with Crippen molar-refractivity contribution in [1.82, 2.24) is 4.98 Å². The molecule has 0 fully saturated rings. The quantitative estimate of drug-likeness (QED) is 0.516. The Morgan fingerprint density at radius 2 is 2.45 bits per heavy atom. The maximum Gasteiger partial charge on any atom is 0.124 e. The number of rotatable bonds is 3. The first-order chi connectivity index (χ1) is 5.33. The molecule has 0 aliphatic rings. The van der Waals surface area contributed by atoms with Gasteiger partial charge >= 0.3 is 0 Å². The third-order valence-corrected chi connectivity index (χ3v) is 1.34. The van der Waals surface area contributed by atoms with Crippen LogP contribution in [0.4, 0.5) is 0 Å². The summed E-state index contributed by atoms with van der Waals surface area (Å²) in [7, 11) is 1.45. The van der Waals surface area contributed by atoms with Gasteiger partial charge in [0.1, 0.15) is 6.61 Å². The van der Waals surface area contributed by atoms with Crippen LogP contribution >= 0.6 is 11.6 Å². The third kappa shape index (κ3) is 2.84. The maximum absolute atomic E-state index is 5.69. The summed E-state index contributed by atoms with van der Waals surface area (Å²) in [4.78, 5) is 13.0. The van der Waals surface area contributed by atoms with Crippen LogP contribution in [-0.2, 0) is 16.4 Å². The van der Waals surface area contributed by atoms with Crippen LogP contribution in [-0.4, -0.2) is 12.1 Å². The average molecular weight is 174 g/mol. The second kappa shape index (κ2) is 4.28. The van der Waals surface area contributed by atoms with E-state index in [1.807, 2.05) is 0 Å². The fraction of sp³-hybridized carbons (Fsp3) is 0.286. The topological polar surface area (TPSA) is 31.4 Å². The predicted molar refractivity (Wildman–Crippen MR) is 41.0 cm³/mol. The highest BCUT2D eigenvalue weighted by Gasteiger charge is 1.94. The van der Waals surface area contributed by atoms with Crippen molar-refractivity contribution < 1.29 is 9.78 Å². The van der Waals surface area contributed by atoms with Crippen LogP contribution in [0.25, 0.3) is 0 Å². The second-order valence-corrected chi connectivity index (χ2v) is 2.33. The molecule has 0 bridgehead atoms. The molecule has 0 saturated carbocycles. The minimum Gasteiger partial charge on any atom is -0.259 e. The van der Waals surface area contributed by atoms with Crippen LogP contribution in [0.5, 0.6) is 0 Å². The highest BCUT2D eigenvalue weighted by Crippen LogP contribution is 2.08. The summed E-state index contributed by atoms with van der Waals surface area (Å²) in [6.45, 7) is 0.317. The highest BCUT2D eigenvalue weighted by atomic mass is 35.5. The van der Waals surface area contributed by atoms with Crippen molar-refractivity contribution in [2.75, 3.05) is 7.11 Å². The molecule has 0 spiro atoms. The van der Waals surface area contributed by atoms with Gasteiger partial charge in [-0.2, -0.15) is 0 Å². The Morgan fingerprint density at radius 1 is 1.64 bits per heavy atom. The minimum atomic E-state index is 0.317. The molecule has 3 nitrogen and oxygen atoms in total. The zero-order chi connectivity index (χ0) is 8.10. The largest absolute Gasteiger partial charge is 0.259 e. The molecule has 0 aliphatic carbocycles. The van der Waals surface area contributed by atoms with E-state index in [0.29, 0.717) is 11.6 Å². The molecular weight excluding hydrogens is 166 g/mol. The molecule has 4 heteroatoms. The van der Waals surface area contributed by atoms with Crippen molar-refractivity contribution >= 4 is 11.6 Å². The molecule has 60 valence electrons. The van der Waals surface area contributed by atoms with Crippen LogP contribution in [0.3, 0.4) is 0 Å². The van der Waals surface area contributed by atoms with E-state index in [9.17, 15) is 0 Å². The van der Waals surface area contributed by atoms with Crippen molar-refractivity contribution in [1.29, 1.82) is 0 Å². The Balaban J connectivity index is 2.56. The number of pyridine rings is 1. The van der Waals surface area contributed by atoms with E-state index in [2.05, 4.69) is 14.8 Å². The van der Waals surface area contributed by atoms with Gasteiger partial charge in [-0.3, -0.25) is 4.98 Å². The predicted octanol–water partition coefficient (Wildman–Crippen LogP) is 1.81. The summed E-state index contributed by atoms with van der Waals surface area (Å²) in [5.74, 6) is 0. The molecule has 0 amide bonds. The molecule has 1 heterocycles. The Bertz CT molecular complexity index is 229. The first kappa shape index (κ1) is 8.46. The fourth-order valence-corrected chi connectivity index (χ4v) is 0.829. The number of aromatic nitrogens is 1. The molecule has 0 atom stereocenters. The van der Waals surface area contributed by atoms with Crippen LogP contribution in [0.2, 0.25) is 5.02 Å². The molecule has 0 aliphatic heterocycles. The summed E-state index contributed by atoms with van der Waals surface area (Å²) in [6, 6.07) is 3.43. The van der Waals surface area contributed by atoms with E-state index >= 15 is 0 Å². The lowest BCUT2D eigenvalue weighted by molar-refractivity contribution is -0.282. The first-order valence-electron chi connectivity index (χ1n) is 3.09. The van der Waals surface area contributed by atoms with E-state index in [4.69, 9.17) is 11.6 Å². The maximum atomic E-state index is 5.69. The molecule has 0 unspecified atom stereocenters. The van der Waals surface area contributed by atoms with Crippen molar-refractivity contribution in [2.45, 2.75) is 6.61 Å². The summed E-state index contributed by atoms with van der Waals surface area (Å²) in [5, 5.41) is 0.648. The van der Waals surface area contributed by atoms with Gasteiger partial charge in [-0.1, -0.05) is 11.6 Å². The van der Waals surface area contributed by atoms with Gasteiger partial charge in [-0.25, -0.2) is 9.78 Å². The van der Waals surface area contributed by atoms with Crippen molar-refractivity contribution in [3.8, 4) is 0 Å². The zero-order valence-corrected chi connectivity index (χ0v) is 6.84. The second-order valence-electron chi connectivity index (χ2n) is 1.89. The third-order valence-electron chi connectivity index (χ3n) is 1.10. The van der Waals surface area contributed by atoms with Crippen molar-refractivity contribution in [3.05, 3.63) is 29.0 Å². The molecular formula is C7H8ClNO2. The standard InChI is InChI=1S/C7H8ClNO2/c1-10-11-5-7-4-6(8)2-3-9-7/h2-4H,5H2,1H3. The van der Waals surface area contributed by atoms with E-state index in [1.54, 1.807) is 18.3 Å². The van der Waals surface area contributed by atoms with E-state index < -0.39 is 0 Å². The van der Waals surface area contributed by atoms with E-state index in [-0.39, 0.29) is 0 Å². The normalized spacial score (nSPS) is 10.0. The van der Waals surface area contributed by atoms with E-state index in [0.717, 1.165) is 5.69 Å². The summed E-state index contributed by atoms with van der Waals surface area (Å²) in [5.41, 5.74) is 0.749. The summed E-state index contributed by atoms with van der Waals surface area (Å²) < 4.78 is 0. The fourth-order valence-electron chi connectivity index (χ4n) is 0.647. The average Bonchev–Trinajstić information content (AvgIpc) is 2.01. The van der Waals surface area contributed by atoms with Gasteiger partial charge in [0.15, 0.2) is 0 Å². The van der Waals surface area contributed by atoms with Gasteiger partial charge < -0.3 is 0 Å². The number of hydrogen-bond acceptors (Lipinski definition) is 3. The lowest BCUT2D eigenvalue weighted by Crippen LogP contribution is -1.93. The molecule has 1 rings (SSSR count). The molecule has 0 radical (unpaired) electrons. The lowest BCUT2D eigenvalue weighted by Gasteiger charge is -1.98. The van der Waals surface area contributed by atoms with Crippen LogP contribution < -0.4 is 0 Å². The number of nitrogens with zero attached hydrogens (tertiary/aromatic N) is 1. The summed E-state index contributed by atoms with van der Waals surface area (Å²) in [6.07, 6.45) is 1.62. The van der Waals surface area contributed by atoms with Gasteiger partial charge in [0, 0.05) is 11.2 Å². The Labute approximate surface area is 69.8 Å². The number of halogens is 1. The molecule has 1 aromatic heterocycles. The Morgan fingerprint density at radius 3 is 3.09 bits per heavy atom. The van der Waals surface area contributed by atoms with E-state index in [1.165, 1.54) is 7.11 Å². The molecule has 1 aromatic rings. The van der Waals surface area contributed by atoms with Crippen molar-refractivity contribution in [3.63, 3.8) is 0 Å². The van der Waals surface area contributed by atoms with Crippen LogP contribution in [0.15, 0.2) is 18.3 Å². The molecule has 0 aromatic carbocycles. The van der Waals surface area contributed by atoms with Crippen LogP contribution in [0, 0.1) is 0 Å². The van der Waals surface area contributed by atoms with Gasteiger partial charge in [-0.05, 0) is 12.1 Å². The monoisotopic (exact) mass is 173 g/mol. The molecule has 11 heavy (non-hydrogen) atoms. The first-order valence-corrected chi connectivity index (χ1v) is 3.47. The Hall–Kier alpha value is -0.640. The minimum absolute atomic E-state index is 0.317. The molecule has 0 saturated heterocycles. The highest BCUT2D eigenvalue weighted by molar-refractivity contribution is 6.30. The van der Waals surface area contributed by atoms with Crippen LogP contribution in [0.1, 0.15) is 5.69 Å². The van der Waals surface area contributed by atoms with Crippen molar-refractivity contribution in [2.24, 2.45) is 0 Å². The zero-order valence-electron chi connectivity index (χ0n) is 6.08. The SMILES string of the molecule is COOCc1cc(Cl)ccn1. The Kier molecular flexibility index (Phi) is 3.29.